The summed E-state index contributed by atoms with van der Waals surface area (Å²) in [7, 11) is 0. The third kappa shape index (κ3) is 4.18. The van der Waals surface area contributed by atoms with E-state index in [-0.39, 0.29) is 5.11 Å². The Balaban J connectivity index is 1.86. The molecule has 1 aliphatic carbocycles. The van der Waals surface area contributed by atoms with Crippen LogP contribution in [0.25, 0.3) is 0 Å². The molecule has 1 saturated carbocycles. The number of thiocarbonyl (C=S) groups is 1. The van der Waals surface area contributed by atoms with Crippen molar-refractivity contribution in [2.45, 2.75) is 32.1 Å². The van der Waals surface area contributed by atoms with Gasteiger partial charge >= 0.3 is 0 Å². The molecule has 1 fully saturated rings. The Morgan fingerprint density at radius 2 is 2.11 bits per heavy atom. The van der Waals surface area contributed by atoms with Crippen molar-refractivity contribution in [1.29, 1.82) is 0 Å². The predicted molar refractivity (Wildman–Crippen MR) is 78.9 cm³/mol. The van der Waals surface area contributed by atoms with E-state index in [2.05, 4.69) is 5.32 Å². The van der Waals surface area contributed by atoms with E-state index >= 15 is 0 Å². The molecule has 0 saturated heterocycles. The highest BCUT2D eigenvalue weighted by atomic mass is 32.1. The summed E-state index contributed by atoms with van der Waals surface area (Å²) in [6, 6.07) is 7.76. The summed E-state index contributed by atoms with van der Waals surface area (Å²) < 4.78 is 5.84. The van der Waals surface area contributed by atoms with Crippen LogP contribution in [0.2, 0.25) is 0 Å². The van der Waals surface area contributed by atoms with E-state index in [1.807, 2.05) is 24.3 Å². The minimum absolute atomic E-state index is 0.277. The Labute approximate surface area is 114 Å². The highest BCUT2D eigenvalue weighted by molar-refractivity contribution is 7.80. The van der Waals surface area contributed by atoms with Gasteiger partial charge in [0.05, 0.1) is 6.61 Å². The number of benzene rings is 1. The molecule has 18 heavy (non-hydrogen) atoms. The topological polar surface area (TPSA) is 47.3 Å². The summed E-state index contributed by atoms with van der Waals surface area (Å²) in [5.74, 6) is 1.59. The predicted octanol–water partition coefficient (Wildman–Crippen LogP) is 3.30. The Morgan fingerprint density at radius 1 is 1.33 bits per heavy atom. The highest BCUT2D eigenvalue weighted by Gasteiger charge is 2.13. The van der Waals surface area contributed by atoms with E-state index in [1.165, 1.54) is 32.1 Å². The van der Waals surface area contributed by atoms with Gasteiger partial charge in [0.2, 0.25) is 0 Å². The van der Waals surface area contributed by atoms with E-state index < -0.39 is 0 Å². The van der Waals surface area contributed by atoms with Crippen LogP contribution < -0.4 is 15.8 Å². The second-order valence-electron chi connectivity index (χ2n) is 4.83. The van der Waals surface area contributed by atoms with Crippen molar-refractivity contribution in [1.82, 2.24) is 0 Å². The lowest BCUT2D eigenvalue weighted by atomic mass is 9.90. The summed E-state index contributed by atoms with van der Waals surface area (Å²) in [5, 5.41) is 3.19. The summed E-state index contributed by atoms with van der Waals surface area (Å²) in [4.78, 5) is 0. The second kappa shape index (κ2) is 6.59. The zero-order valence-electron chi connectivity index (χ0n) is 10.5. The quantitative estimate of drug-likeness (QED) is 0.819. The lowest BCUT2D eigenvalue weighted by Crippen LogP contribution is -2.19. The molecule has 3 nitrogen and oxygen atoms in total. The fourth-order valence-corrected chi connectivity index (χ4v) is 2.49. The van der Waals surface area contributed by atoms with Gasteiger partial charge in [0.25, 0.3) is 0 Å². The second-order valence-corrected chi connectivity index (χ2v) is 5.27. The third-order valence-electron chi connectivity index (χ3n) is 3.31. The molecule has 0 aliphatic heterocycles. The SMILES string of the molecule is NC(=S)Nc1cccc(OCC2CCCCC2)c1. The molecule has 0 heterocycles. The van der Waals surface area contributed by atoms with Crippen LogP contribution in [0.3, 0.4) is 0 Å². The third-order valence-corrected chi connectivity index (χ3v) is 3.41. The van der Waals surface area contributed by atoms with E-state index in [0.29, 0.717) is 5.92 Å². The van der Waals surface area contributed by atoms with Crippen LogP contribution >= 0.6 is 12.2 Å². The van der Waals surface area contributed by atoms with Gasteiger partial charge in [0.15, 0.2) is 5.11 Å². The van der Waals surface area contributed by atoms with Crippen LogP contribution in [-0.4, -0.2) is 11.7 Å². The summed E-state index contributed by atoms with van der Waals surface area (Å²) >= 11 is 4.81. The Kier molecular flexibility index (Phi) is 4.81. The monoisotopic (exact) mass is 264 g/mol. The fourth-order valence-electron chi connectivity index (χ4n) is 2.37. The van der Waals surface area contributed by atoms with Gasteiger partial charge < -0.3 is 15.8 Å². The molecule has 0 unspecified atom stereocenters. The van der Waals surface area contributed by atoms with Gasteiger partial charge in [-0.3, -0.25) is 0 Å². The van der Waals surface area contributed by atoms with Gasteiger partial charge in [-0.2, -0.15) is 0 Å². The van der Waals surface area contributed by atoms with E-state index in [1.54, 1.807) is 0 Å². The van der Waals surface area contributed by atoms with Crippen molar-refractivity contribution in [3.05, 3.63) is 24.3 Å². The van der Waals surface area contributed by atoms with Crippen LogP contribution in [0.5, 0.6) is 5.75 Å². The molecule has 1 aromatic rings. The minimum Gasteiger partial charge on any atom is -0.493 e. The Morgan fingerprint density at radius 3 is 2.83 bits per heavy atom. The molecule has 0 amide bonds. The van der Waals surface area contributed by atoms with Crippen LogP contribution in [0, 0.1) is 5.92 Å². The largest absolute Gasteiger partial charge is 0.493 e. The zero-order chi connectivity index (χ0) is 12.8. The first-order chi connectivity index (χ1) is 8.74. The maximum Gasteiger partial charge on any atom is 0.168 e. The van der Waals surface area contributed by atoms with Gasteiger partial charge in [0.1, 0.15) is 5.75 Å². The molecule has 0 aromatic heterocycles. The molecule has 0 bridgehead atoms. The number of rotatable bonds is 4. The van der Waals surface area contributed by atoms with Crippen LogP contribution in [-0.2, 0) is 0 Å². The van der Waals surface area contributed by atoms with Crippen molar-refractivity contribution < 1.29 is 4.74 Å². The first kappa shape index (κ1) is 13.1. The molecule has 1 aromatic carbocycles. The van der Waals surface area contributed by atoms with Gasteiger partial charge in [-0.1, -0.05) is 25.3 Å². The van der Waals surface area contributed by atoms with Crippen molar-refractivity contribution in [3.63, 3.8) is 0 Å². The number of nitrogens with one attached hydrogen (secondary N) is 1. The van der Waals surface area contributed by atoms with Gasteiger partial charge in [-0.05, 0) is 43.1 Å². The molecule has 3 N–H and O–H groups in total. The lowest BCUT2D eigenvalue weighted by molar-refractivity contribution is 0.209. The highest BCUT2D eigenvalue weighted by Crippen LogP contribution is 2.25. The molecule has 1 aliphatic rings. The average Bonchev–Trinajstić information content (AvgIpc) is 2.37. The Hall–Kier alpha value is -1.29. The van der Waals surface area contributed by atoms with Crippen molar-refractivity contribution in [2.75, 3.05) is 11.9 Å². The minimum atomic E-state index is 0.277. The average molecular weight is 264 g/mol. The summed E-state index contributed by atoms with van der Waals surface area (Å²) in [6.45, 7) is 0.816. The summed E-state index contributed by atoms with van der Waals surface area (Å²) in [5.41, 5.74) is 6.32. The normalized spacial score (nSPS) is 16.2. The fraction of sp³-hybridized carbons (Fsp3) is 0.500. The first-order valence-electron chi connectivity index (χ1n) is 6.53. The van der Waals surface area contributed by atoms with Crippen molar-refractivity contribution in [3.8, 4) is 5.75 Å². The maximum absolute atomic E-state index is 5.84. The number of ether oxygens (including phenoxy) is 1. The molecule has 2 rings (SSSR count). The van der Waals surface area contributed by atoms with Crippen LogP contribution in [0.4, 0.5) is 5.69 Å². The molecular weight excluding hydrogens is 244 g/mol. The lowest BCUT2D eigenvalue weighted by Gasteiger charge is -2.21. The Bertz CT molecular complexity index is 403. The van der Waals surface area contributed by atoms with E-state index in [0.717, 1.165) is 18.0 Å². The number of nitrogens with two attached hydrogens (primary N) is 1. The smallest absolute Gasteiger partial charge is 0.168 e. The van der Waals surface area contributed by atoms with Crippen LogP contribution in [0.15, 0.2) is 24.3 Å². The van der Waals surface area contributed by atoms with Crippen molar-refractivity contribution in [2.24, 2.45) is 11.7 Å². The summed E-state index contributed by atoms with van der Waals surface area (Å²) in [6.07, 6.45) is 6.66. The molecule has 0 atom stereocenters. The van der Waals surface area contributed by atoms with Gasteiger partial charge in [-0.25, -0.2) is 0 Å². The van der Waals surface area contributed by atoms with E-state index in [9.17, 15) is 0 Å². The molecule has 0 spiro atoms. The maximum atomic E-state index is 5.84. The number of hydrogen-bond acceptors (Lipinski definition) is 2. The number of hydrogen-bond donors (Lipinski definition) is 2. The van der Waals surface area contributed by atoms with Gasteiger partial charge in [0, 0.05) is 11.8 Å². The van der Waals surface area contributed by atoms with Crippen LogP contribution in [0.1, 0.15) is 32.1 Å². The molecule has 0 radical (unpaired) electrons. The van der Waals surface area contributed by atoms with Crippen molar-refractivity contribution >= 4 is 23.0 Å². The number of anilines is 1. The zero-order valence-corrected chi connectivity index (χ0v) is 11.3. The molecule has 4 heteroatoms. The first-order valence-corrected chi connectivity index (χ1v) is 6.94. The van der Waals surface area contributed by atoms with Gasteiger partial charge in [-0.15, -0.1) is 0 Å². The molecular formula is C14H20N2OS. The molecule has 98 valence electrons. The standard InChI is InChI=1S/C14H20N2OS/c15-14(18)16-12-7-4-8-13(9-12)17-10-11-5-2-1-3-6-11/h4,7-9,11H,1-3,5-6,10H2,(H3,15,16,18). The van der Waals surface area contributed by atoms with E-state index in [4.69, 9.17) is 22.7 Å².